The van der Waals surface area contributed by atoms with Crippen LogP contribution in [0.5, 0.6) is 0 Å². The maximum Gasteiger partial charge on any atom is 0.144 e. The van der Waals surface area contributed by atoms with Gasteiger partial charge in [0.15, 0.2) is 0 Å². The van der Waals surface area contributed by atoms with E-state index in [4.69, 9.17) is 5.26 Å². The van der Waals surface area contributed by atoms with Crippen molar-refractivity contribution in [3.8, 4) is 6.07 Å². The molecule has 0 N–H and O–H groups in total. The molecule has 5 heteroatoms. The maximum absolute atomic E-state index is 14.4. The Hall–Kier alpha value is -2.61. The van der Waals surface area contributed by atoms with Crippen molar-refractivity contribution in [1.82, 2.24) is 0 Å². The zero-order valence-corrected chi connectivity index (χ0v) is 16.9. The molecule has 0 aliphatic heterocycles. The lowest BCUT2D eigenvalue weighted by molar-refractivity contribution is 0.307. The second-order valence-corrected chi connectivity index (χ2v) is 8.09. The lowest BCUT2D eigenvalue weighted by Gasteiger charge is -2.29. The van der Waals surface area contributed by atoms with Gasteiger partial charge in [-0.05, 0) is 98.6 Å². The zero-order chi connectivity index (χ0) is 21.7. The molecule has 0 unspecified atom stereocenters. The van der Waals surface area contributed by atoms with Crippen LogP contribution < -0.4 is 0 Å². The summed E-state index contributed by atoms with van der Waals surface area (Å²) in [5.41, 5.74) is 0.799. The van der Waals surface area contributed by atoms with Gasteiger partial charge in [0, 0.05) is 5.56 Å². The van der Waals surface area contributed by atoms with Crippen molar-refractivity contribution < 1.29 is 17.6 Å². The fraction of sp³-hybridized carbons (Fsp3) is 0.400. The Labute approximate surface area is 175 Å². The van der Waals surface area contributed by atoms with Gasteiger partial charge in [0.25, 0.3) is 0 Å². The quantitative estimate of drug-likeness (QED) is 0.348. The number of aryl methyl sites for hydroxylation is 1. The Morgan fingerprint density at radius 3 is 2.03 bits per heavy atom. The van der Waals surface area contributed by atoms with Gasteiger partial charge in [0.1, 0.15) is 34.9 Å². The van der Waals surface area contributed by atoms with Gasteiger partial charge < -0.3 is 0 Å². The van der Waals surface area contributed by atoms with Crippen LogP contribution in [-0.4, -0.2) is 0 Å². The number of nitriles is 1. The summed E-state index contributed by atoms with van der Waals surface area (Å²) in [4.78, 5) is 0. The first-order valence-corrected chi connectivity index (χ1v) is 10.4. The van der Waals surface area contributed by atoms with Crippen LogP contribution in [0.2, 0.25) is 0 Å². The zero-order valence-electron chi connectivity index (χ0n) is 16.9. The van der Waals surface area contributed by atoms with Crippen molar-refractivity contribution in [3.63, 3.8) is 0 Å². The van der Waals surface area contributed by atoms with Gasteiger partial charge in [-0.15, -0.1) is 6.58 Å². The third-order valence-corrected chi connectivity index (χ3v) is 6.13. The van der Waals surface area contributed by atoms with E-state index in [0.717, 1.165) is 25.7 Å². The molecule has 0 amide bonds. The molecular weight excluding hydrogens is 390 g/mol. The van der Waals surface area contributed by atoms with E-state index in [-0.39, 0.29) is 11.5 Å². The topological polar surface area (TPSA) is 23.8 Å². The highest BCUT2D eigenvalue weighted by atomic mass is 19.1. The van der Waals surface area contributed by atoms with Gasteiger partial charge in [0.05, 0.1) is 0 Å². The van der Waals surface area contributed by atoms with Gasteiger partial charge >= 0.3 is 0 Å². The second kappa shape index (κ2) is 9.93. The highest BCUT2D eigenvalue weighted by Gasteiger charge is 2.25. The number of hydrogen-bond acceptors (Lipinski definition) is 1. The predicted octanol–water partition coefficient (Wildman–Crippen LogP) is 7.14. The third kappa shape index (κ3) is 5.11. The molecule has 0 aromatic heterocycles. The lowest BCUT2D eigenvalue weighted by Crippen LogP contribution is -2.15. The standard InChI is InChI=1S/C25H25F4N/c1-2-3-4-17-11-22(26)20(23(27)12-17)10-7-16-5-8-18(9-6-16)19-13-24(28)21(15-30)25(29)14-19/h2,11-14,16,18H,1,3-10H2. The van der Waals surface area contributed by atoms with Gasteiger partial charge in [-0.2, -0.15) is 5.26 Å². The minimum Gasteiger partial charge on any atom is -0.207 e. The number of rotatable bonds is 7. The van der Waals surface area contributed by atoms with Crippen LogP contribution in [0.15, 0.2) is 36.9 Å². The Morgan fingerprint density at radius 1 is 0.900 bits per heavy atom. The smallest absolute Gasteiger partial charge is 0.144 e. The molecule has 0 atom stereocenters. The molecule has 1 saturated carbocycles. The summed E-state index contributed by atoms with van der Waals surface area (Å²) in [5.74, 6) is -2.27. The molecule has 30 heavy (non-hydrogen) atoms. The summed E-state index contributed by atoms with van der Waals surface area (Å²) < 4.78 is 56.5. The summed E-state index contributed by atoms with van der Waals surface area (Å²) in [5, 5.41) is 8.79. The molecule has 1 nitrogen and oxygen atoms in total. The Morgan fingerprint density at radius 2 is 1.50 bits per heavy atom. The van der Waals surface area contributed by atoms with Gasteiger partial charge in [0.2, 0.25) is 0 Å². The van der Waals surface area contributed by atoms with Crippen molar-refractivity contribution in [2.24, 2.45) is 5.92 Å². The van der Waals surface area contributed by atoms with Crippen molar-refractivity contribution >= 4 is 0 Å². The molecular formula is C25H25F4N. The fourth-order valence-corrected chi connectivity index (χ4v) is 4.38. The SMILES string of the molecule is C=CCCc1cc(F)c(CCC2CCC(c3cc(F)c(C#N)c(F)c3)CC2)c(F)c1. The number of benzene rings is 2. The second-order valence-electron chi connectivity index (χ2n) is 8.09. The monoisotopic (exact) mass is 415 g/mol. The van der Waals surface area contributed by atoms with Crippen molar-refractivity contribution in [2.75, 3.05) is 0 Å². The molecule has 0 bridgehead atoms. The van der Waals surface area contributed by atoms with Crippen LogP contribution in [0.25, 0.3) is 0 Å². The maximum atomic E-state index is 14.4. The van der Waals surface area contributed by atoms with Gasteiger partial charge in [-0.25, -0.2) is 17.6 Å². The van der Waals surface area contributed by atoms with Crippen LogP contribution in [0.4, 0.5) is 17.6 Å². The summed E-state index contributed by atoms with van der Waals surface area (Å²) >= 11 is 0. The Kier molecular flexibility index (Phi) is 7.31. The van der Waals surface area contributed by atoms with E-state index in [1.54, 1.807) is 6.08 Å². The Balaban J connectivity index is 1.57. The number of allylic oxidation sites excluding steroid dienone is 1. The van der Waals surface area contributed by atoms with E-state index in [9.17, 15) is 17.6 Å². The number of nitrogens with zero attached hydrogens (tertiary/aromatic N) is 1. The predicted molar refractivity (Wildman–Crippen MR) is 109 cm³/mol. The van der Waals surface area contributed by atoms with Crippen LogP contribution in [-0.2, 0) is 12.8 Å². The lowest BCUT2D eigenvalue weighted by atomic mass is 9.76. The molecule has 0 saturated heterocycles. The third-order valence-electron chi connectivity index (χ3n) is 6.13. The van der Waals surface area contributed by atoms with Crippen LogP contribution in [0.3, 0.4) is 0 Å². The minimum atomic E-state index is -0.822. The van der Waals surface area contributed by atoms with Crippen molar-refractivity contribution in [3.05, 3.63) is 82.4 Å². The van der Waals surface area contributed by atoms with E-state index >= 15 is 0 Å². The molecule has 3 rings (SSSR count). The van der Waals surface area contributed by atoms with E-state index in [2.05, 4.69) is 6.58 Å². The first-order valence-electron chi connectivity index (χ1n) is 10.4. The number of hydrogen-bond donors (Lipinski definition) is 0. The molecule has 0 spiro atoms. The highest BCUT2D eigenvalue weighted by Crippen LogP contribution is 2.38. The highest BCUT2D eigenvalue weighted by molar-refractivity contribution is 5.36. The first kappa shape index (κ1) is 22.1. The average Bonchev–Trinajstić information content (AvgIpc) is 2.72. The largest absolute Gasteiger partial charge is 0.207 e. The average molecular weight is 415 g/mol. The van der Waals surface area contributed by atoms with E-state index in [0.29, 0.717) is 42.7 Å². The minimum absolute atomic E-state index is 0.0376. The molecule has 2 aromatic carbocycles. The van der Waals surface area contributed by atoms with Crippen LogP contribution >= 0.6 is 0 Å². The van der Waals surface area contributed by atoms with E-state index in [1.807, 2.05) is 0 Å². The molecule has 1 aliphatic carbocycles. The Bertz CT molecular complexity index is 906. The summed E-state index contributed by atoms with van der Waals surface area (Å²) in [7, 11) is 0. The fourth-order valence-electron chi connectivity index (χ4n) is 4.38. The summed E-state index contributed by atoms with van der Waals surface area (Å²) in [6, 6.07) is 6.87. The van der Waals surface area contributed by atoms with Crippen LogP contribution in [0.1, 0.15) is 66.7 Å². The summed E-state index contributed by atoms with van der Waals surface area (Å²) in [6.45, 7) is 3.62. The molecule has 158 valence electrons. The van der Waals surface area contributed by atoms with Crippen LogP contribution in [0, 0.1) is 40.5 Å². The van der Waals surface area contributed by atoms with Crippen molar-refractivity contribution in [2.45, 2.75) is 57.3 Å². The van der Waals surface area contributed by atoms with E-state index < -0.39 is 28.8 Å². The van der Waals surface area contributed by atoms with E-state index in [1.165, 1.54) is 30.3 Å². The van der Waals surface area contributed by atoms with Gasteiger partial charge in [-0.3, -0.25) is 0 Å². The molecule has 1 aliphatic rings. The molecule has 0 heterocycles. The molecule has 2 aromatic rings. The number of halogens is 4. The first-order chi connectivity index (χ1) is 14.4. The van der Waals surface area contributed by atoms with Crippen molar-refractivity contribution in [1.29, 1.82) is 5.26 Å². The normalized spacial score (nSPS) is 18.8. The summed E-state index contributed by atoms with van der Waals surface area (Å²) in [6.07, 6.45) is 7.20. The molecule has 0 radical (unpaired) electrons. The van der Waals surface area contributed by atoms with Gasteiger partial charge in [-0.1, -0.05) is 6.08 Å². The molecule has 1 fully saturated rings.